The van der Waals surface area contributed by atoms with E-state index in [4.69, 9.17) is 17.3 Å². The number of carbonyl (C=O) groups is 1. The van der Waals surface area contributed by atoms with E-state index in [0.717, 1.165) is 22.5 Å². The molecule has 0 radical (unpaired) electrons. The third-order valence-electron chi connectivity index (χ3n) is 3.66. The van der Waals surface area contributed by atoms with E-state index in [0.29, 0.717) is 21.3 Å². The van der Waals surface area contributed by atoms with Crippen molar-refractivity contribution in [3.05, 3.63) is 68.8 Å². The average Bonchev–Trinajstić information content (AvgIpc) is 2.91. The number of nitrogen functional groups attached to an aromatic ring is 1. The summed E-state index contributed by atoms with van der Waals surface area (Å²) in [5, 5.41) is 3.43. The molecule has 1 aromatic heterocycles. The number of hydrogen-bond donors (Lipinski definition) is 2. The van der Waals surface area contributed by atoms with Crippen LogP contribution < -0.4 is 11.1 Å². The summed E-state index contributed by atoms with van der Waals surface area (Å²) in [7, 11) is 0. The van der Waals surface area contributed by atoms with Gasteiger partial charge in [-0.05, 0) is 37.6 Å². The molecule has 128 valence electrons. The lowest BCUT2D eigenvalue weighted by atomic mass is 10.0. The maximum absolute atomic E-state index is 13.2. The van der Waals surface area contributed by atoms with Crippen LogP contribution in [0.15, 0.2) is 36.4 Å². The van der Waals surface area contributed by atoms with Crippen molar-refractivity contribution in [2.24, 2.45) is 0 Å². The third kappa shape index (κ3) is 3.65. The van der Waals surface area contributed by atoms with Crippen LogP contribution in [0.3, 0.4) is 0 Å². The molecule has 4 nitrogen and oxygen atoms in total. The number of nitrogens with one attached hydrogen (secondary N) is 1. The molecule has 0 aliphatic heterocycles. The Morgan fingerprint density at radius 3 is 2.68 bits per heavy atom. The van der Waals surface area contributed by atoms with Gasteiger partial charge in [0.05, 0.1) is 5.02 Å². The maximum Gasteiger partial charge on any atom is 0.207 e. The van der Waals surface area contributed by atoms with Crippen molar-refractivity contribution in [3.8, 4) is 0 Å². The molecular formula is C18H15ClFN3OS. The molecular weight excluding hydrogens is 361 g/mol. The summed E-state index contributed by atoms with van der Waals surface area (Å²) < 4.78 is 13.2. The Bertz CT molecular complexity index is 971. The molecule has 25 heavy (non-hydrogen) atoms. The average molecular weight is 376 g/mol. The Morgan fingerprint density at radius 1 is 1.24 bits per heavy atom. The molecule has 0 saturated carbocycles. The van der Waals surface area contributed by atoms with Crippen molar-refractivity contribution in [1.29, 1.82) is 0 Å². The van der Waals surface area contributed by atoms with E-state index >= 15 is 0 Å². The van der Waals surface area contributed by atoms with Gasteiger partial charge in [0.1, 0.15) is 16.5 Å². The van der Waals surface area contributed by atoms with Gasteiger partial charge in [-0.3, -0.25) is 4.79 Å². The molecule has 3 aromatic rings. The SMILES string of the molecule is Cc1ccc(C(=O)c2sc(Nc3ccc(F)c(Cl)c3)nc2N)c(C)c1. The standard InChI is InChI=1S/C18H15ClFN3OS/c1-9-3-5-12(10(2)7-9)15(24)16-17(21)23-18(25-16)22-11-4-6-14(20)13(19)8-11/h3-8H,21H2,1-2H3,(H,22,23). The lowest BCUT2D eigenvalue weighted by Crippen LogP contribution is -2.04. The van der Waals surface area contributed by atoms with Crippen LogP contribution in [0.4, 0.5) is 21.0 Å². The number of halogens is 2. The minimum Gasteiger partial charge on any atom is -0.382 e. The van der Waals surface area contributed by atoms with E-state index in [-0.39, 0.29) is 16.6 Å². The van der Waals surface area contributed by atoms with E-state index in [1.807, 2.05) is 26.0 Å². The molecule has 0 fully saturated rings. The second-order valence-corrected chi connectivity index (χ2v) is 7.04. The van der Waals surface area contributed by atoms with Crippen LogP contribution >= 0.6 is 22.9 Å². The van der Waals surface area contributed by atoms with Crippen LogP contribution in [-0.4, -0.2) is 10.8 Å². The topological polar surface area (TPSA) is 68.0 Å². The Kier molecular flexibility index (Phi) is 4.74. The van der Waals surface area contributed by atoms with Gasteiger partial charge in [-0.2, -0.15) is 0 Å². The number of hydrogen-bond acceptors (Lipinski definition) is 5. The molecule has 2 aromatic carbocycles. The number of benzene rings is 2. The van der Waals surface area contributed by atoms with Gasteiger partial charge in [0.25, 0.3) is 0 Å². The second-order valence-electron chi connectivity index (χ2n) is 5.63. The van der Waals surface area contributed by atoms with Crippen molar-refractivity contribution in [1.82, 2.24) is 4.98 Å². The van der Waals surface area contributed by atoms with Gasteiger partial charge in [-0.1, -0.05) is 46.7 Å². The second kappa shape index (κ2) is 6.82. The van der Waals surface area contributed by atoms with Gasteiger partial charge >= 0.3 is 0 Å². The first-order valence-electron chi connectivity index (χ1n) is 7.45. The summed E-state index contributed by atoms with van der Waals surface area (Å²) in [5.74, 6) is -0.514. The molecule has 0 saturated heterocycles. The van der Waals surface area contributed by atoms with Gasteiger partial charge in [-0.15, -0.1) is 0 Å². The van der Waals surface area contributed by atoms with Gasteiger partial charge in [0.15, 0.2) is 5.13 Å². The minimum atomic E-state index is -0.503. The third-order valence-corrected chi connectivity index (χ3v) is 4.93. The van der Waals surface area contributed by atoms with E-state index in [9.17, 15) is 9.18 Å². The predicted octanol–water partition coefficient (Wildman–Crippen LogP) is 5.11. The lowest BCUT2D eigenvalue weighted by molar-refractivity contribution is 0.104. The van der Waals surface area contributed by atoms with E-state index in [1.165, 1.54) is 18.2 Å². The number of nitrogens with zero attached hydrogens (tertiary/aromatic N) is 1. The summed E-state index contributed by atoms with van der Waals surface area (Å²) >= 11 is 6.91. The highest BCUT2D eigenvalue weighted by Crippen LogP contribution is 2.31. The summed E-state index contributed by atoms with van der Waals surface area (Å²) in [6.07, 6.45) is 0. The first kappa shape index (κ1) is 17.4. The molecule has 3 rings (SSSR count). The number of aryl methyl sites for hydroxylation is 2. The Morgan fingerprint density at radius 2 is 2.00 bits per heavy atom. The van der Waals surface area contributed by atoms with Crippen molar-refractivity contribution in [2.75, 3.05) is 11.1 Å². The van der Waals surface area contributed by atoms with E-state index < -0.39 is 5.82 Å². The summed E-state index contributed by atoms with van der Waals surface area (Å²) in [6.45, 7) is 3.86. The van der Waals surface area contributed by atoms with Crippen LogP contribution in [0.5, 0.6) is 0 Å². The van der Waals surface area contributed by atoms with Crippen molar-refractivity contribution in [3.63, 3.8) is 0 Å². The highest BCUT2D eigenvalue weighted by molar-refractivity contribution is 7.18. The zero-order valence-corrected chi connectivity index (χ0v) is 15.1. The summed E-state index contributed by atoms with van der Waals surface area (Å²) in [5.41, 5.74) is 9.05. The highest BCUT2D eigenvalue weighted by atomic mass is 35.5. The monoisotopic (exact) mass is 375 g/mol. The molecule has 0 aliphatic rings. The van der Waals surface area contributed by atoms with Crippen LogP contribution in [0.25, 0.3) is 0 Å². The number of ketones is 1. The van der Waals surface area contributed by atoms with Crippen molar-refractivity contribution >= 4 is 45.4 Å². The number of rotatable bonds is 4. The van der Waals surface area contributed by atoms with Gasteiger partial charge in [0.2, 0.25) is 5.78 Å². The molecule has 0 bridgehead atoms. The summed E-state index contributed by atoms with van der Waals surface area (Å²) in [4.78, 5) is 17.3. The normalized spacial score (nSPS) is 10.7. The zero-order valence-electron chi connectivity index (χ0n) is 13.6. The number of anilines is 3. The van der Waals surface area contributed by atoms with Crippen molar-refractivity contribution < 1.29 is 9.18 Å². The Hall–Kier alpha value is -2.44. The number of thiazole rings is 1. The smallest absolute Gasteiger partial charge is 0.207 e. The Balaban J connectivity index is 1.89. The van der Waals surface area contributed by atoms with Gasteiger partial charge in [-0.25, -0.2) is 9.37 Å². The number of carbonyl (C=O) groups excluding carboxylic acids is 1. The molecule has 7 heteroatoms. The highest BCUT2D eigenvalue weighted by Gasteiger charge is 2.19. The largest absolute Gasteiger partial charge is 0.382 e. The maximum atomic E-state index is 13.2. The van der Waals surface area contributed by atoms with Crippen LogP contribution in [0.1, 0.15) is 26.4 Å². The fourth-order valence-electron chi connectivity index (χ4n) is 2.44. The molecule has 0 unspecified atom stereocenters. The van der Waals surface area contributed by atoms with Crippen LogP contribution in [-0.2, 0) is 0 Å². The van der Waals surface area contributed by atoms with E-state index in [2.05, 4.69) is 10.3 Å². The van der Waals surface area contributed by atoms with Crippen molar-refractivity contribution in [2.45, 2.75) is 13.8 Å². The fourth-order valence-corrected chi connectivity index (χ4v) is 3.48. The first-order chi connectivity index (χ1) is 11.8. The molecule has 0 aliphatic carbocycles. The number of aromatic nitrogens is 1. The quantitative estimate of drug-likeness (QED) is 0.622. The first-order valence-corrected chi connectivity index (χ1v) is 8.65. The number of nitrogens with two attached hydrogens (primary N) is 1. The Labute approximate surface area is 153 Å². The summed E-state index contributed by atoms with van der Waals surface area (Å²) in [6, 6.07) is 9.86. The molecule has 0 spiro atoms. The lowest BCUT2D eigenvalue weighted by Gasteiger charge is -2.05. The predicted molar refractivity (Wildman–Crippen MR) is 101 cm³/mol. The van der Waals surface area contributed by atoms with E-state index in [1.54, 1.807) is 6.07 Å². The fraction of sp³-hybridized carbons (Fsp3) is 0.111. The molecule has 0 amide bonds. The van der Waals surface area contributed by atoms with Gasteiger partial charge < -0.3 is 11.1 Å². The molecule has 3 N–H and O–H groups in total. The molecule has 0 atom stereocenters. The van der Waals surface area contributed by atoms with Gasteiger partial charge in [0, 0.05) is 11.3 Å². The van der Waals surface area contributed by atoms with Crippen LogP contribution in [0, 0.1) is 19.7 Å². The van der Waals surface area contributed by atoms with Crippen LogP contribution in [0.2, 0.25) is 5.02 Å². The molecule has 1 heterocycles. The zero-order chi connectivity index (χ0) is 18.1. The minimum absolute atomic E-state index is 0.00103.